The molecule has 0 spiro atoms. The highest BCUT2D eigenvalue weighted by Crippen LogP contribution is 2.18. The number of amides is 1. The fraction of sp³-hybridized carbons (Fsp3) is 0.562. The Morgan fingerprint density at radius 2 is 1.74 bits per heavy atom. The topological polar surface area (TPSA) is 41.1 Å². The summed E-state index contributed by atoms with van der Waals surface area (Å²) >= 11 is 0. The predicted molar refractivity (Wildman–Crippen MR) is 78.0 cm³/mol. The molecule has 0 atom stereocenters. The van der Waals surface area contributed by atoms with Gasteiger partial charge in [-0.1, -0.05) is 30.3 Å². The van der Waals surface area contributed by atoms with E-state index in [1.807, 2.05) is 25.2 Å². The van der Waals surface area contributed by atoms with Gasteiger partial charge in [0.25, 0.3) is 0 Å². The van der Waals surface area contributed by atoms with Crippen LogP contribution in [0.2, 0.25) is 0 Å². The van der Waals surface area contributed by atoms with Crippen LogP contribution in [-0.4, -0.2) is 25.0 Å². The summed E-state index contributed by atoms with van der Waals surface area (Å²) in [4.78, 5) is 11.9. The fourth-order valence-corrected chi connectivity index (χ4v) is 2.73. The third-order valence-electron chi connectivity index (χ3n) is 3.98. The minimum Gasteiger partial charge on any atom is -0.353 e. The number of benzene rings is 1. The molecule has 2 rings (SSSR count). The molecule has 1 amide bonds. The Labute approximate surface area is 115 Å². The summed E-state index contributed by atoms with van der Waals surface area (Å²) < 4.78 is 0. The summed E-state index contributed by atoms with van der Waals surface area (Å²) in [6.45, 7) is 0. The first-order valence-corrected chi connectivity index (χ1v) is 7.28. The maximum absolute atomic E-state index is 11.9. The minimum absolute atomic E-state index is 0.191. The second-order valence-corrected chi connectivity index (χ2v) is 5.39. The lowest BCUT2D eigenvalue weighted by atomic mass is 9.91. The molecule has 1 aliphatic carbocycles. The van der Waals surface area contributed by atoms with Crippen molar-refractivity contribution in [2.75, 3.05) is 7.05 Å². The second kappa shape index (κ2) is 7.29. The summed E-state index contributed by atoms with van der Waals surface area (Å²) in [5.41, 5.74) is 1.23. The quantitative estimate of drug-likeness (QED) is 0.852. The molecular weight excluding hydrogens is 236 g/mol. The van der Waals surface area contributed by atoms with Crippen LogP contribution >= 0.6 is 0 Å². The van der Waals surface area contributed by atoms with Gasteiger partial charge in [-0.3, -0.25) is 4.79 Å². The molecule has 0 saturated heterocycles. The molecule has 0 aromatic heterocycles. The Balaban J connectivity index is 1.67. The van der Waals surface area contributed by atoms with Gasteiger partial charge in [0, 0.05) is 18.5 Å². The van der Waals surface area contributed by atoms with Crippen LogP contribution in [0.15, 0.2) is 30.3 Å². The normalized spacial score (nSPS) is 23.0. The second-order valence-electron chi connectivity index (χ2n) is 5.39. The molecule has 0 heterocycles. The van der Waals surface area contributed by atoms with Crippen LogP contribution in [-0.2, 0) is 11.2 Å². The van der Waals surface area contributed by atoms with E-state index in [4.69, 9.17) is 0 Å². The third-order valence-corrected chi connectivity index (χ3v) is 3.98. The largest absolute Gasteiger partial charge is 0.353 e. The summed E-state index contributed by atoms with van der Waals surface area (Å²) in [6.07, 6.45) is 5.96. The van der Waals surface area contributed by atoms with Gasteiger partial charge < -0.3 is 10.6 Å². The first-order chi connectivity index (χ1) is 9.28. The van der Waals surface area contributed by atoms with Gasteiger partial charge in [0.2, 0.25) is 5.91 Å². The smallest absolute Gasteiger partial charge is 0.220 e. The van der Waals surface area contributed by atoms with Gasteiger partial charge in [-0.25, -0.2) is 0 Å². The van der Waals surface area contributed by atoms with Gasteiger partial charge in [-0.05, 0) is 44.7 Å². The number of rotatable bonds is 5. The highest BCUT2D eigenvalue weighted by Gasteiger charge is 2.20. The average Bonchev–Trinajstić information content (AvgIpc) is 2.47. The number of nitrogens with one attached hydrogen (secondary N) is 2. The van der Waals surface area contributed by atoms with Crippen molar-refractivity contribution in [1.82, 2.24) is 10.6 Å². The molecule has 1 fully saturated rings. The molecule has 19 heavy (non-hydrogen) atoms. The third kappa shape index (κ3) is 4.67. The van der Waals surface area contributed by atoms with Gasteiger partial charge in [-0.15, -0.1) is 0 Å². The number of hydrogen-bond acceptors (Lipinski definition) is 2. The van der Waals surface area contributed by atoms with Crippen molar-refractivity contribution in [1.29, 1.82) is 0 Å². The van der Waals surface area contributed by atoms with Crippen molar-refractivity contribution in [3.63, 3.8) is 0 Å². The van der Waals surface area contributed by atoms with Crippen molar-refractivity contribution >= 4 is 5.91 Å². The molecule has 2 N–H and O–H groups in total. The standard InChI is InChI=1S/C16H24N2O/c1-17-14-8-10-15(11-9-14)18-16(19)12-7-13-5-3-2-4-6-13/h2-6,14-15,17H,7-12H2,1H3,(H,18,19). The average molecular weight is 260 g/mol. The molecule has 0 aliphatic heterocycles. The minimum atomic E-state index is 0.191. The molecule has 3 nitrogen and oxygen atoms in total. The lowest BCUT2D eigenvalue weighted by Crippen LogP contribution is -2.41. The molecule has 104 valence electrons. The number of carbonyl (C=O) groups is 1. The Morgan fingerprint density at radius 3 is 2.37 bits per heavy atom. The van der Waals surface area contributed by atoms with Gasteiger partial charge in [0.15, 0.2) is 0 Å². The zero-order valence-corrected chi connectivity index (χ0v) is 11.7. The lowest BCUT2D eigenvalue weighted by molar-refractivity contribution is -0.122. The van der Waals surface area contributed by atoms with E-state index >= 15 is 0 Å². The maximum Gasteiger partial charge on any atom is 0.220 e. The molecule has 0 bridgehead atoms. The predicted octanol–water partition coefficient (Wildman–Crippen LogP) is 2.27. The fourth-order valence-electron chi connectivity index (χ4n) is 2.73. The van der Waals surface area contributed by atoms with Crippen LogP contribution in [0.25, 0.3) is 0 Å². The lowest BCUT2D eigenvalue weighted by Gasteiger charge is -2.28. The van der Waals surface area contributed by atoms with E-state index < -0.39 is 0 Å². The zero-order valence-electron chi connectivity index (χ0n) is 11.7. The molecular formula is C16H24N2O. The highest BCUT2D eigenvalue weighted by atomic mass is 16.1. The Bertz CT molecular complexity index is 383. The number of hydrogen-bond donors (Lipinski definition) is 2. The van der Waals surface area contributed by atoms with Gasteiger partial charge >= 0.3 is 0 Å². The van der Waals surface area contributed by atoms with Crippen molar-refractivity contribution < 1.29 is 4.79 Å². The first kappa shape index (κ1) is 14.1. The van der Waals surface area contributed by atoms with E-state index in [1.54, 1.807) is 0 Å². The molecule has 0 unspecified atom stereocenters. The number of aryl methyl sites for hydroxylation is 1. The summed E-state index contributed by atoms with van der Waals surface area (Å²) in [5, 5.41) is 6.48. The van der Waals surface area contributed by atoms with Crippen LogP contribution in [0, 0.1) is 0 Å². The van der Waals surface area contributed by atoms with Gasteiger partial charge in [-0.2, -0.15) is 0 Å². The van der Waals surface area contributed by atoms with E-state index in [2.05, 4.69) is 22.8 Å². The molecule has 0 radical (unpaired) electrons. The SMILES string of the molecule is CNC1CCC(NC(=O)CCc2ccccc2)CC1. The van der Waals surface area contributed by atoms with Crippen LogP contribution < -0.4 is 10.6 Å². The zero-order chi connectivity index (χ0) is 13.5. The van der Waals surface area contributed by atoms with E-state index in [9.17, 15) is 4.79 Å². The van der Waals surface area contributed by atoms with E-state index in [0.29, 0.717) is 18.5 Å². The van der Waals surface area contributed by atoms with E-state index in [1.165, 1.54) is 18.4 Å². The highest BCUT2D eigenvalue weighted by molar-refractivity contribution is 5.76. The van der Waals surface area contributed by atoms with Crippen molar-refractivity contribution in [3.8, 4) is 0 Å². The molecule has 1 aromatic rings. The Morgan fingerprint density at radius 1 is 1.11 bits per heavy atom. The van der Waals surface area contributed by atoms with E-state index in [-0.39, 0.29) is 5.91 Å². The number of carbonyl (C=O) groups excluding carboxylic acids is 1. The Kier molecular flexibility index (Phi) is 5.40. The van der Waals surface area contributed by atoms with Crippen molar-refractivity contribution in [2.45, 2.75) is 50.6 Å². The van der Waals surface area contributed by atoms with Crippen LogP contribution in [0.5, 0.6) is 0 Å². The maximum atomic E-state index is 11.9. The van der Waals surface area contributed by atoms with Crippen molar-refractivity contribution in [2.24, 2.45) is 0 Å². The van der Waals surface area contributed by atoms with Crippen LogP contribution in [0.3, 0.4) is 0 Å². The van der Waals surface area contributed by atoms with Crippen molar-refractivity contribution in [3.05, 3.63) is 35.9 Å². The summed E-state index contributed by atoms with van der Waals surface area (Å²) in [7, 11) is 2.02. The van der Waals surface area contributed by atoms with Gasteiger partial charge in [0.05, 0.1) is 0 Å². The molecule has 1 aromatic carbocycles. The summed E-state index contributed by atoms with van der Waals surface area (Å²) in [6, 6.07) is 11.2. The monoisotopic (exact) mass is 260 g/mol. The first-order valence-electron chi connectivity index (χ1n) is 7.28. The Hall–Kier alpha value is -1.35. The van der Waals surface area contributed by atoms with Crippen LogP contribution in [0.1, 0.15) is 37.7 Å². The molecule has 1 saturated carbocycles. The molecule has 3 heteroatoms. The van der Waals surface area contributed by atoms with Crippen LogP contribution in [0.4, 0.5) is 0 Å². The molecule has 1 aliphatic rings. The van der Waals surface area contributed by atoms with E-state index in [0.717, 1.165) is 19.3 Å². The van der Waals surface area contributed by atoms with Gasteiger partial charge in [0.1, 0.15) is 0 Å². The summed E-state index contributed by atoms with van der Waals surface area (Å²) in [5.74, 6) is 0.191.